The van der Waals surface area contributed by atoms with Crippen LogP contribution in [-0.4, -0.2) is 26.9 Å². The van der Waals surface area contributed by atoms with Crippen molar-refractivity contribution in [1.82, 2.24) is 14.9 Å². The lowest BCUT2D eigenvalue weighted by atomic mass is 10.0. The number of hydrogen-bond acceptors (Lipinski definition) is 6. The van der Waals surface area contributed by atoms with E-state index in [1.165, 1.54) is 4.90 Å². The van der Waals surface area contributed by atoms with Gasteiger partial charge < -0.3 is 9.73 Å². The molecule has 2 heterocycles. The highest BCUT2D eigenvalue weighted by Gasteiger charge is 2.37. The molecule has 0 aliphatic rings. The van der Waals surface area contributed by atoms with Crippen LogP contribution in [0.5, 0.6) is 0 Å². The van der Waals surface area contributed by atoms with Crippen molar-refractivity contribution in [3.05, 3.63) is 64.6 Å². The normalized spacial score (nSPS) is 12.4. The van der Waals surface area contributed by atoms with E-state index < -0.39 is 17.5 Å². The Hall–Kier alpha value is -3.00. The fourth-order valence-corrected chi connectivity index (χ4v) is 3.38. The highest BCUT2D eigenvalue weighted by Crippen LogP contribution is 2.31. The number of furan rings is 1. The van der Waals surface area contributed by atoms with Gasteiger partial charge in [0.15, 0.2) is 11.7 Å². The summed E-state index contributed by atoms with van der Waals surface area (Å²) < 4.78 is 9.59. The van der Waals surface area contributed by atoms with Crippen molar-refractivity contribution < 1.29 is 14.0 Å². The van der Waals surface area contributed by atoms with E-state index in [1.54, 1.807) is 30.5 Å². The van der Waals surface area contributed by atoms with Gasteiger partial charge in [0, 0.05) is 16.6 Å². The van der Waals surface area contributed by atoms with Gasteiger partial charge in [0.05, 0.1) is 0 Å². The van der Waals surface area contributed by atoms with Gasteiger partial charge in [-0.05, 0) is 76.0 Å². The first kappa shape index (κ1) is 20.7. The van der Waals surface area contributed by atoms with Crippen molar-refractivity contribution in [2.45, 2.75) is 46.2 Å². The first-order valence-electron chi connectivity index (χ1n) is 9.21. The molecule has 2 amide bonds. The average Bonchev–Trinajstić information content (AvgIpc) is 3.29. The molecule has 2 aromatic heterocycles. The summed E-state index contributed by atoms with van der Waals surface area (Å²) in [5, 5.41) is 8.45. The van der Waals surface area contributed by atoms with Gasteiger partial charge in [0.2, 0.25) is 0 Å². The van der Waals surface area contributed by atoms with Crippen LogP contribution in [0.4, 0.5) is 5.69 Å². The predicted molar refractivity (Wildman–Crippen MR) is 112 cm³/mol. The molecular formula is C21H24N4O3S. The molecule has 1 unspecified atom stereocenters. The summed E-state index contributed by atoms with van der Waals surface area (Å²) >= 11 is 1.08. The number of anilines is 1. The van der Waals surface area contributed by atoms with Crippen LogP contribution in [0.15, 0.2) is 46.2 Å². The molecule has 0 spiro atoms. The third kappa shape index (κ3) is 4.89. The lowest BCUT2D eigenvalue weighted by Gasteiger charge is -2.32. The van der Waals surface area contributed by atoms with Crippen molar-refractivity contribution in [3.63, 3.8) is 0 Å². The monoisotopic (exact) mass is 412 g/mol. The van der Waals surface area contributed by atoms with Crippen molar-refractivity contribution >= 4 is 29.0 Å². The Morgan fingerprint density at radius 3 is 2.48 bits per heavy atom. The SMILES string of the molecule is Cc1cccc(N(C(=O)c2csnn2)C(C(=O)NC(C)(C)C)c2ccc(C)o2)c1. The second-order valence-corrected chi connectivity index (χ2v) is 8.50. The van der Waals surface area contributed by atoms with E-state index in [0.717, 1.165) is 17.1 Å². The zero-order valence-electron chi connectivity index (χ0n) is 17.1. The molecule has 1 atom stereocenters. The van der Waals surface area contributed by atoms with Crippen molar-refractivity contribution in [2.75, 3.05) is 4.90 Å². The number of benzene rings is 1. The molecule has 8 heteroatoms. The molecule has 0 saturated heterocycles. The lowest BCUT2D eigenvalue weighted by Crippen LogP contribution is -2.49. The molecule has 3 rings (SSSR count). The fraction of sp³-hybridized carbons (Fsp3) is 0.333. The zero-order valence-corrected chi connectivity index (χ0v) is 17.9. The Balaban J connectivity index is 2.16. The molecule has 0 radical (unpaired) electrons. The van der Waals surface area contributed by atoms with Crippen LogP contribution in [0.25, 0.3) is 0 Å². The van der Waals surface area contributed by atoms with Crippen molar-refractivity contribution in [3.8, 4) is 0 Å². The lowest BCUT2D eigenvalue weighted by molar-refractivity contribution is -0.124. The van der Waals surface area contributed by atoms with Gasteiger partial charge >= 0.3 is 0 Å². The molecule has 1 aromatic carbocycles. The third-order valence-corrected chi connectivity index (χ3v) is 4.62. The van der Waals surface area contributed by atoms with E-state index in [1.807, 2.05) is 45.9 Å². The quantitative estimate of drug-likeness (QED) is 0.683. The summed E-state index contributed by atoms with van der Waals surface area (Å²) in [5.74, 6) is 0.264. The van der Waals surface area contributed by atoms with Gasteiger partial charge in [-0.25, -0.2) is 0 Å². The van der Waals surface area contributed by atoms with Crippen LogP contribution in [0, 0.1) is 13.8 Å². The molecule has 0 fully saturated rings. The van der Waals surface area contributed by atoms with E-state index >= 15 is 0 Å². The van der Waals surface area contributed by atoms with E-state index in [0.29, 0.717) is 17.2 Å². The van der Waals surface area contributed by atoms with E-state index in [2.05, 4.69) is 14.9 Å². The molecule has 29 heavy (non-hydrogen) atoms. The minimum atomic E-state index is -1.00. The number of aromatic nitrogens is 2. The molecule has 0 aliphatic carbocycles. The number of hydrogen-bond donors (Lipinski definition) is 1. The maximum atomic E-state index is 13.4. The summed E-state index contributed by atoms with van der Waals surface area (Å²) in [7, 11) is 0. The summed E-state index contributed by atoms with van der Waals surface area (Å²) in [6.45, 7) is 9.39. The van der Waals surface area contributed by atoms with E-state index in [9.17, 15) is 9.59 Å². The highest BCUT2D eigenvalue weighted by atomic mass is 32.1. The number of aryl methyl sites for hydroxylation is 2. The second-order valence-electron chi connectivity index (χ2n) is 7.89. The highest BCUT2D eigenvalue weighted by molar-refractivity contribution is 7.03. The summed E-state index contributed by atoms with van der Waals surface area (Å²) in [6.07, 6.45) is 0. The van der Waals surface area contributed by atoms with E-state index in [4.69, 9.17) is 4.42 Å². The average molecular weight is 413 g/mol. The summed E-state index contributed by atoms with van der Waals surface area (Å²) in [5.41, 5.74) is 1.22. The molecule has 0 aliphatic heterocycles. The number of carbonyl (C=O) groups excluding carboxylic acids is 2. The first-order valence-corrected chi connectivity index (χ1v) is 10.0. The Labute approximate surface area is 173 Å². The molecule has 1 N–H and O–H groups in total. The number of amides is 2. The molecule has 0 bridgehead atoms. The van der Waals surface area contributed by atoms with Gasteiger partial charge in [0.25, 0.3) is 11.8 Å². The van der Waals surface area contributed by atoms with Gasteiger partial charge in [-0.2, -0.15) is 0 Å². The minimum absolute atomic E-state index is 0.174. The summed E-state index contributed by atoms with van der Waals surface area (Å²) in [6, 6.07) is 9.91. The van der Waals surface area contributed by atoms with Gasteiger partial charge in [-0.3, -0.25) is 14.5 Å². The van der Waals surface area contributed by atoms with Crippen molar-refractivity contribution in [1.29, 1.82) is 0 Å². The standard InChI is InChI=1S/C21H24N4O3S/c1-13-7-6-8-15(11-13)25(20(27)16-12-29-24-23-16)18(17-10-9-14(2)28-17)19(26)22-21(3,4)5/h6-12,18H,1-5H3,(H,22,26). The largest absolute Gasteiger partial charge is 0.464 e. The maximum Gasteiger partial charge on any atom is 0.280 e. The first-order chi connectivity index (χ1) is 13.7. The molecule has 0 saturated carbocycles. The molecule has 7 nitrogen and oxygen atoms in total. The predicted octanol–water partition coefficient (Wildman–Crippen LogP) is 4.05. The fourth-order valence-electron chi connectivity index (χ4n) is 2.95. The molecule has 3 aromatic rings. The Bertz CT molecular complexity index is 1010. The topological polar surface area (TPSA) is 88.3 Å². The minimum Gasteiger partial charge on any atom is -0.464 e. The van der Waals surface area contributed by atoms with Crippen LogP contribution >= 0.6 is 11.5 Å². The molecular weight excluding hydrogens is 388 g/mol. The van der Waals surface area contributed by atoms with Gasteiger partial charge in [0.1, 0.15) is 11.5 Å². The Morgan fingerprint density at radius 1 is 1.17 bits per heavy atom. The zero-order chi connectivity index (χ0) is 21.2. The van der Waals surface area contributed by atoms with Crippen molar-refractivity contribution in [2.24, 2.45) is 0 Å². The number of nitrogens with one attached hydrogen (secondary N) is 1. The second kappa shape index (κ2) is 8.16. The molecule has 152 valence electrons. The van der Waals surface area contributed by atoms with E-state index in [-0.39, 0.29) is 11.6 Å². The summed E-state index contributed by atoms with van der Waals surface area (Å²) in [4.78, 5) is 28.2. The van der Waals surface area contributed by atoms with Crippen LogP contribution in [0.1, 0.15) is 54.4 Å². The Kier molecular flexibility index (Phi) is 5.83. The van der Waals surface area contributed by atoms with Gasteiger partial charge in [-0.1, -0.05) is 16.6 Å². The van der Waals surface area contributed by atoms with Gasteiger partial charge in [-0.15, -0.1) is 5.10 Å². The Morgan fingerprint density at radius 2 is 1.93 bits per heavy atom. The smallest absolute Gasteiger partial charge is 0.280 e. The number of nitrogens with zero attached hydrogens (tertiary/aromatic N) is 3. The van der Waals surface area contributed by atoms with Crippen LogP contribution < -0.4 is 10.2 Å². The number of rotatable bonds is 5. The third-order valence-electron chi connectivity index (χ3n) is 4.11. The maximum absolute atomic E-state index is 13.4. The van der Waals surface area contributed by atoms with Crippen LogP contribution in [0.3, 0.4) is 0 Å². The van der Waals surface area contributed by atoms with Crippen LogP contribution in [0.2, 0.25) is 0 Å². The number of carbonyl (C=O) groups is 2. The van der Waals surface area contributed by atoms with Crippen LogP contribution in [-0.2, 0) is 4.79 Å².